The van der Waals surface area contributed by atoms with Crippen LogP contribution in [0.5, 0.6) is 11.5 Å². The Morgan fingerprint density at radius 1 is 1.05 bits per heavy atom. The first-order chi connectivity index (χ1) is 17.8. The maximum atomic E-state index is 14.3. The van der Waals surface area contributed by atoms with Crippen molar-refractivity contribution in [2.45, 2.75) is 32.6 Å². The smallest absolute Gasteiger partial charge is 0.181 e. The van der Waals surface area contributed by atoms with Crippen molar-refractivity contribution in [2.75, 3.05) is 20.3 Å². The number of hydrogen-bond acceptors (Lipinski definition) is 7. The van der Waals surface area contributed by atoms with Crippen molar-refractivity contribution in [2.24, 2.45) is 0 Å². The first-order valence-electron chi connectivity index (χ1n) is 12.0. The SMILES string of the molecule is COc1cc(C(=O)CCC(=O)c2cc(C(C)C)cc(-c3csc4c(F)cccc34)n2)ccc1OCCO. The molecule has 8 heteroatoms. The number of pyridine rings is 1. The monoisotopic (exact) mass is 521 g/mol. The number of thiophene rings is 1. The van der Waals surface area contributed by atoms with Crippen LogP contribution in [-0.4, -0.2) is 42.0 Å². The van der Waals surface area contributed by atoms with E-state index in [0.29, 0.717) is 27.5 Å². The van der Waals surface area contributed by atoms with Crippen molar-refractivity contribution in [3.05, 3.63) is 76.5 Å². The molecule has 0 atom stereocenters. The molecule has 0 aliphatic carbocycles. The third-order valence-corrected chi connectivity index (χ3v) is 7.05. The van der Waals surface area contributed by atoms with Gasteiger partial charge in [-0.2, -0.15) is 0 Å². The molecule has 0 aliphatic heterocycles. The number of rotatable bonds is 11. The van der Waals surface area contributed by atoms with Crippen LogP contribution >= 0.6 is 11.3 Å². The van der Waals surface area contributed by atoms with Crippen molar-refractivity contribution in [3.63, 3.8) is 0 Å². The maximum Gasteiger partial charge on any atom is 0.181 e. The number of methoxy groups -OCH3 is 1. The van der Waals surface area contributed by atoms with E-state index in [1.807, 2.05) is 31.4 Å². The zero-order valence-electron chi connectivity index (χ0n) is 20.9. The van der Waals surface area contributed by atoms with E-state index in [1.165, 1.54) is 24.5 Å². The lowest BCUT2D eigenvalue weighted by Gasteiger charge is -2.12. The van der Waals surface area contributed by atoms with Crippen molar-refractivity contribution >= 4 is 33.0 Å². The number of halogens is 1. The Bertz CT molecular complexity index is 1450. The van der Waals surface area contributed by atoms with Gasteiger partial charge in [0.05, 0.1) is 24.1 Å². The Kier molecular flexibility index (Phi) is 8.31. The number of aromatic nitrogens is 1. The molecule has 37 heavy (non-hydrogen) atoms. The highest BCUT2D eigenvalue weighted by Crippen LogP contribution is 2.36. The molecule has 192 valence electrons. The van der Waals surface area contributed by atoms with Gasteiger partial charge in [0.1, 0.15) is 18.1 Å². The Balaban J connectivity index is 1.56. The fraction of sp³-hybridized carbons (Fsp3) is 0.276. The van der Waals surface area contributed by atoms with Crippen LogP contribution in [0.25, 0.3) is 21.3 Å². The zero-order chi connectivity index (χ0) is 26.5. The van der Waals surface area contributed by atoms with E-state index in [4.69, 9.17) is 14.6 Å². The molecule has 0 saturated heterocycles. The van der Waals surface area contributed by atoms with Gasteiger partial charge in [-0.15, -0.1) is 11.3 Å². The van der Waals surface area contributed by atoms with Gasteiger partial charge in [-0.25, -0.2) is 9.37 Å². The summed E-state index contributed by atoms with van der Waals surface area (Å²) in [6.07, 6.45) is 0.00522. The molecule has 2 aromatic heterocycles. The largest absolute Gasteiger partial charge is 0.493 e. The molecule has 0 spiro atoms. The molecule has 6 nitrogen and oxygen atoms in total. The number of Topliss-reactive ketones (excluding diaryl/α,β-unsaturated/α-hetero) is 2. The first kappa shape index (κ1) is 26.4. The van der Waals surface area contributed by atoms with Gasteiger partial charge in [0, 0.05) is 34.7 Å². The molecule has 0 amide bonds. The maximum absolute atomic E-state index is 14.3. The average Bonchev–Trinajstić information content (AvgIpc) is 3.35. The Morgan fingerprint density at radius 2 is 1.84 bits per heavy atom. The van der Waals surface area contributed by atoms with E-state index in [9.17, 15) is 14.0 Å². The summed E-state index contributed by atoms with van der Waals surface area (Å²) in [4.78, 5) is 30.6. The number of ether oxygens (including phenoxy) is 2. The van der Waals surface area contributed by atoms with Gasteiger partial charge in [-0.3, -0.25) is 9.59 Å². The van der Waals surface area contributed by atoms with Gasteiger partial charge in [-0.05, 0) is 47.9 Å². The summed E-state index contributed by atoms with van der Waals surface area (Å²) in [5.74, 6) is 0.217. The lowest BCUT2D eigenvalue weighted by atomic mass is 9.97. The molecule has 2 heterocycles. The minimum Gasteiger partial charge on any atom is -0.493 e. The Labute approximate surface area is 218 Å². The molecular weight excluding hydrogens is 493 g/mol. The number of benzene rings is 2. The van der Waals surface area contributed by atoms with Crippen molar-refractivity contribution in [3.8, 4) is 22.8 Å². The van der Waals surface area contributed by atoms with Crippen LogP contribution in [0, 0.1) is 5.82 Å². The Morgan fingerprint density at radius 3 is 2.57 bits per heavy atom. The van der Waals surface area contributed by atoms with E-state index in [2.05, 4.69) is 4.98 Å². The van der Waals surface area contributed by atoms with Gasteiger partial charge in [0.2, 0.25) is 0 Å². The molecule has 0 aliphatic rings. The van der Waals surface area contributed by atoms with Crippen LogP contribution in [0.3, 0.4) is 0 Å². The predicted molar refractivity (Wildman–Crippen MR) is 143 cm³/mol. The third kappa shape index (κ3) is 5.87. The molecule has 4 rings (SSSR count). The number of nitrogens with zero attached hydrogens (tertiary/aromatic N) is 1. The lowest BCUT2D eigenvalue weighted by Crippen LogP contribution is -2.09. The summed E-state index contributed by atoms with van der Waals surface area (Å²) in [5.41, 5.74) is 3.02. The second-order valence-corrected chi connectivity index (χ2v) is 9.76. The molecular formula is C29H28FNO5S. The molecule has 0 radical (unpaired) electrons. The second kappa shape index (κ2) is 11.6. The van der Waals surface area contributed by atoms with E-state index < -0.39 is 0 Å². The van der Waals surface area contributed by atoms with Gasteiger partial charge in [0.25, 0.3) is 0 Å². The van der Waals surface area contributed by atoms with Crippen LogP contribution in [0.1, 0.15) is 59.0 Å². The molecule has 0 bridgehead atoms. The fourth-order valence-corrected chi connectivity index (χ4v) is 4.97. The highest BCUT2D eigenvalue weighted by atomic mass is 32.1. The molecule has 4 aromatic rings. The summed E-state index contributed by atoms with van der Waals surface area (Å²) < 4.78 is 25.5. The third-order valence-electron chi connectivity index (χ3n) is 6.04. The average molecular weight is 522 g/mol. The van der Waals surface area contributed by atoms with Gasteiger partial charge < -0.3 is 14.6 Å². The van der Waals surface area contributed by atoms with E-state index in [0.717, 1.165) is 16.5 Å². The summed E-state index contributed by atoms with van der Waals surface area (Å²) in [7, 11) is 1.47. The lowest BCUT2D eigenvalue weighted by molar-refractivity contribution is 0.0914. The van der Waals surface area contributed by atoms with Crippen LogP contribution in [0.15, 0.2) is 53.9 Å². The van der Waals surface area contributed by atoms with Gasteiger partial charge in [0.15, 0.2) is 23.1 Å². The second-order valence-electron chi connectivity index (χ2n) is 8.88. The van der Waals surface area contributed by atoms with Crippen LogP contribution in [-0.2, 0) is 0 Å². The topological polar surface area (TPSA) is 85.7 Å². The van der Waals surface area contributed by atoms with Crippen molar-refractivity contribution < 1.29 is 28.6 Å². The van der Waals surface area contributed by atoms with Crippen LogP contribution < -0.4 is 9.47 Å². The highest BCUT2D eigenvalue weighted by molar-refractivity contribution is 7.17. The normalized spacial score (nSPS) is 11.2. The van der Waals surface area contributed by atoms with E-state index in [-0.39, 0.29) is 55.1 Å². The summed E-state index contributed by atoms with van der Waals surface area (Å²) in [5, 5.41) is 11.6. The first-order valence-corrected chi connectivity index (χ1v) is 12.9. The van der Waals surface area contributed by atoms with E-state index >= 15 is 0 Å². The molecule has 0 saturated carbocycles. The standard InChI is InChI=1S/C29H28FNO5S/c1-17(2)19-13-23(21-16-37-29-20(21)5-4-6-22(29)30)31-24(14-19)26(34)9-8-25(33)18-7-10-27(36-12-11-32)28(15-18)35-3/h4-7,10,13-17,32H,8-9,11-12H2,1-3H3. The van der Waals surface area contributed by atoms with Gasteiger partial charge >= 0.3 is 0 Å². The highest BCUT2D eigenvalue weighted by Gasteiger charge is 2.18. The number of hydrogen-bond donors (Lipinski definition) is 1. The molecule has 0 fully saturated rings. The number of carbonyl (C=O) groups is 2. The minimum atomic E-state index is -0.284. The number of aliphatic hydroxyl groups excluding tert-OH is 1. The summed E-state index contributed by atoms with van der Waals surface area (Å²) >= 11 is 1.31. The minimum absolute atomic E-state index is 0.00306. The van der Waals surface area contributed by atoms with Crippen molar-refractivity contribution in [1.82, 2.24) is 4.98 Å². The Hall–Kier alpha value is -3.62. The summed E-state index contributed by atoms with van der Waals surface area (Å²) in [6.45, 7) is 4.03. The van der Waals surface area contributed by atoms with Crippen molar-refractivity contribution in [1.29, 1.82) is 0 Å². The summed E-state index contributed by atoms with van der Waals surface area (Å²) in [6, 6.07) is 13.4. The fourth-order valence-electron chi connectivity index (χ4n) is 4.00. The molecule has 1 N–H and O–H groups in total. The quantitative estimate of drug-likeness (QED) is 0.228. The molecule has 0 unspecified atom stereocenters. The van der Waals surface area contributed by atoms with E-state index in [1.54, 1.807) is 30.3 Å². The van der Waals surface area contributed by atoms with Crippen LogP contribution in [0.4, 0.5) is 4.39 Å². The number of ketones is 2. The number of fused-ring (bicyclic) bond motifs is 1. The van der Waals surface area contributed by atoms with Gasteiger partial charge in [-0.1, -0.05) is 26.0 Å². The van der Waals surface area contributed by atoms with Crippen LogP contribution in [0.2, 0.25) is 0 Å². The number of carbonyl (C=O) groups excluding carboxylic acids is 2. The zero-order valence-corrected chi connectivity index (χ0v) is 21.7. The molecule has 2 aromatic carbocycles. The number of aliphatic hydroxyl groups is 1. The predicted octanol–water partition coefficient (Wildman–Crippen LogP) is 6.45.